The third-order valence-electron chi connectivity index (χ3n) is 3.78. The lowest BCUT2D eigenvalue weighted by Crippen LogP contribution is -2.48. The molecule has 3 unspecified atom stereocenters. The van der Waals surface area contributed by atoms with Gasteiger partial charge in [-0.05, 0) is 32.6 Å². The normalized spacial score (nSPS) is 26.6. The van der Waals surface area contributed by atoms with Crippen LogP contribution in [-0.4, -0.2) is 24.4 Å². The van der Waals surface area contributed by atoms with Crippen molar-refractivity contribution in [1.82, 2.24) is 5.32 Å². The van der Waals surface area contributed by atoms with Crippen LogP contribution in [0.3, 0.4) is 0 Å². The van der Waals surface area contributed by atoms with E-state index >= 15 is 0 Å². The first-order chi connectivity index (χ1) is 9.09. The SMILES string of the molecule is CC(CCCC(F)(F)F)NC1CCCCC1C(F)(F)F. The molecule has 1 aliphatic rings. The van der Waals surface area contributed by atoms with Crippen LogP contribution in [-0.2, 0) is 0 Å². The van der Waals surface area contributed by atoms with Crippen molar-refractivity contribution < 1.29 is 26.3 Å². The Hall–Kier alpha value is -0.460. The van der Waals surface area contributed by atoms with Crippen LogP contribution < -0.4 is 5.32 Å². The minimum Gasteiger partial charge on any atom is -0.311 e. The molecular weight excluding hydrogens is 284 g/mol. The monoisotopic (exact) mass is 305 g/mol. The van der Waals surface area contributed by atoms with Crippen LogP contribution in [0.5, 0.6) is 0 Å². The molecule has 1 N–H and O–H groups in total. The van der Waals surface area contributed by atoms with E-state index in [4.69, 9.17) is 0 Å². The fourth-order valence-electron chi connectivity index (χ4n) is 2.78. The van der Waals surface area contributed by atoms with Gasteiger partial charge in [0.1, 0.15) is 0 Å². The third kappa shape index (κ3) is 6.33. The van der Waals surface area contributed by atoms with Gasteiger partial charge in [0.15, 0.2) is 0 Å². The van der Waals surface area contributed by atoms with Crippen LogP contribution in [0, 0.1) is 5.92 Å². The first-order valence-corrected chi connectivity index (χ1v) is 6.99. The van der Waals surface area contributed by atoms with Crippen LogP contribution >= 0.6 is 0 Å². The lowest BCUT2D eigenvalue weighted by molar-refractivity contribution is -0.189. The van der Waals surface area contributed by atoms with Gasteiger partial charge in [0.2, 0.25) is 0 Å². The molecule has 0 aliphatic heterocycles. The molecule has 1 nitrogen and oxygen atoms in total. The van der Waals surface area contributed by atoms with Crippen molar-refractivity contribution in [2.75, 3.05) is 0 Å². The van der Waals surface area contributed by atoms with Crippen molar-refractivity contribution in [2.24, 2.45) is 5.92 Å². The third-order valence-corrected chi connectivity index (χ3v) is 3.78. The van der Waals surface area contributed by atoms with E-state index < -0.39 is 30.7 Å². The first kappa shape index (κ1) is 17.6. The summed E-state index contributed by atoms with van der Waals surface area (Å²) >= 11 is 0. The molecule has 0 aromatic carbocycles. The Morgan fingerprint density at radius 3 is 2.20 bits per heavy atom. The van der Waals surface area contributed by atoms with E-state index in [2.05, 4.69) is 5.32 Å². The largest absolute Gasteiger partial charge is 0.393 e. The molecule has 20 heavy (non-hydrogen) atoms. The number of halogens is 6. The quantitative estimate of drug-likeness (QED) is 0.718. The molecule has 1 aliphatic carbocycles. The Morgan fingerprint density at radius 2 is 1.65 bits per heavy atom. The Kier molecular flexibility index (Phi) is 6.16. The summed E-state index contributed by atoms with van der Waals surface area (Å²) in [6.45, 7) is 1.65. The molecule has 0 aromatic rings. The minimum atomic E-state index is -4.23. The molecule has 0 radical (unpaired) electrons. The number of rotatable bonds is 5. The van der Waals surface area contributed by atoms with E-state index in [1.807, 2.05) is 0 Å². The van der Waals surface area contributed by atoms with Crippen molar-refractivity contribution in [3.05, 3.63) is 0 Å². The van der Waals surface area contributed by atoms with Gasteiger partial charge in [-0.25, -0.2) is 0 Å². The lowest BCUT2D eigenvalue weighted by atomic mass is 9.83. The summed E-state index contributed by atoms with van der Waals surface area (Å²) in [6, 6.07) is -0.991. The van der Waals surface area contributed by atoms with Gasteiger partial charge < -0.3 is 5.32 Å². The van der Waals surface area contributed by atoms with E-state index in [9.17, 15) is 26.3 Å². The standard InChI is InChI=1S/C13H21F6N/c1-9(5-4-8-12(14,15)16)20-11-7-3-2-6-10(11)13(17,18)19/h9-11,20H,2-8H2,1H3. The van der Waals surface area contributed by atoms with Crippen LogP contribution in [0.25, 0.3) is 0 Å². The zero-order valence-corrected chi connectivity index (χ0v) is 11.4. The molecule has 1 fully saturated rings. The van der Waals surface area contributed by atoms with Gasteiger partial charge in [-0.1, -0.05) is 12.8 Å². The molecule has 1 rings (SSSR count). The van der Waals surface area contributed by atoms with Crippen molar-refractivity contribution >= 4 is 0 Å². The number of hydrogen-bond donors (Lipinski definition) is 1. The predicted molar refractivity (Wildman–Crippen MR) is 64.3 cm³/mol. The van der Waals surface area contributed by atoms with E-state index in [1.54, 1.807) is 6.92 Å². The van der Waals surface area contributed by atoms with Crippen molar-refractivity contribution in [3.8, 4) is 0 Å². The van der Waals surface area contributed by atoms with Crippen LogP contribution in [0.15, 0.2) is 0 Å². The maximum absolute atomic E-state index is 12.9. The van der Waals surface area contributed by atoms with Crippen LogP contribution in [0.1, 0.15) is 51.9 Å². The molecule has 1 saturated carbocycles. The summed E-state index contributed by atoms with van der Waals surface area (Å²) in [7, 11) is 0. The zero-order chi connectivity index (χ0) is 15.4. The highest BCUT2D eigenvalue weighted by Gasteiger charge is 2.45. The summed E-state index contributed by atoms with van der Waals surface area (Å²) in [5, 5.41) is 2.87. The number of alkyl halides is 6. The first-order valence-electron chi connectivity index (χ1n) is 6.99. The van der Waals surface area contributed by atoms with Crippen molar-refractivity contribution in [3.63, 3.8) is 0 Å². The van der Waals surface area contributed by atoms with E-state index in [0.717, 1.165) is 6.42 Å². The Labute approximate surface area is 115 Å². The zero-order valence-electron chi connectivity index (χ0n) is 11.4. The maximum Gasteiger partial charge on any atom is 0.393 e. The minimum absolute atomic E-state index is 0.0545. The lowest BCUT2D eigenvalue weighted by Gasteiger charge is -2.35. The van der Waals surface area contributed by atoms with Gasteiger partial charge in [-0.2, -0.15) is 26.3 Å². The maximum atomic E-state index is 12.9. The van der Waals surface area contributed by atoms with Gasteiger partial charge in [0.25, 0.3) is 0 Å². The number of nitrogens with one attached hydrogen (secondary N) is 1. The highest BCUT2D eigenvalue weighted by atomic mass is 19.4. The van der Waals surface area contributed by atoms with E-state index in [-0.39, 0.29) is 25.3 Å². The van der Waals surface area contributed by atoms with Gasteiger partial charge in [-0.3, -0.25) is 0 Å². The average molecular weight is 305 g/mol. The van der Waals surface area contributed by atoms with Gasteiger partial charge in [0, 0.05) is 18.5 Å². The molecule has 120 valence electrons. The molecule has 3 atom stereocenters. The second-order valence-electron chi connectivity index (χ2n) is 5.61. The smallest absolute Gasteiger partial charge is 0.311 e. The molecular formula is C13H21F6N. The summed E-state index contributed by atoms with van der Waals surface area (Å²) in [6.07, 6.45) is -7.29. The average Bonchev–Trinajstić information content (AvgIpc) is 2.26. The predicted octanol–water partition coefficient (Wildman–Crippen LogP) is 4.82. The highest BCUT2D eigenvalue weighted by Crippen LogP contribution is 2.38. The molecule has 0 spiro atoms. The Bertz CT molecular complexity index is 286. The fourth-order valence-corrected chi connectivity index (χ4v) is 2.78. The summed E-state index contributed by atoms with van der Waals surface area (Å²) in [5.41, 5.74) is 0. The molecule has 0 bridgehead atoms. The van der Waals surface area contributed by atoms with Crippen LogP contribution in [0.2, 0.25) is 0 Å². The van der Waals surface area contributed by atoms with E-state index in [0.29, 0.717) is 12.8 Å². The van der Waals surface area contributed by atoms with Crippen molar-refractivity contribution in [2.45, 2.75) is 76.3 Å². The fraction of sp³-hybridized carbons (Fsp3) is 1.00. The number of hydrogen-bond acceptors (Lipinski definition) is 1. The Morgan fingerprint density at radius 1 is 1.05 bits per heavy atom. The Balaban J connectivity index is 2.40. The molecule has 0 heterocycles. The summed E-state index contributed by atoms with van der Waals surface area (Å²) in [4.78, 5) is 0. The second kappa shape index (κ2) is 7.00. The van der Waals surface area contributed by atoms with Gasteiger partial charge in [0.05, 0.1) is 5.92 Å². The molecule has 0 saturated heterocycles. The highest BCUT2D eigenvalue weighted by molar-refractivity contribution is 4.87. The second-order valence-corrected chi connectivity index (χ2v) is 5.61. The topological polar surface area (TPSA) is 12.0 Å². The van der Waals surface area contributed by atoms with Crippen molar-refractivity contribution in [1.29, 1.82) is 0 Å². The van der Waals surface area contributed by atoms with E-state index in [1.165, 1.54) is 0 Å². The molecule has 7 heteroatoms. The van der Waals surface area contributed by atoms with Gasteiger partial charge in [-0.15, -0.1) is 0 Å². The summed E-state index contributed by atoms with van der Waals surface area (Å²) < 4.78 is 74.6. The molecule has 0 amide bonds. The van der Waals surface area contributed by atoms with Crippen LogP contribution in [0.4, 0.5) is 26.3 Å². The summed E-state index contributed by atoms with van der Waals surface area (Å²) in [5.74, 6) is -1.37. The van der Waals surface area contributed by atoms with Gasteiger partial charge >= 0.3 is 12.4 Å². The molecule has 0 aromatic heterocycles.